The van der Waals surface area contributed by atoms with Crippen molar-refractivity contribution in [1.82, 2.24) is 0 Å². The third kappa shape index (κ3) is 3.89. The molecule has 0 saturated carbocycles. The van der Waals surface area contributed by atoms with Gasteiger partial charge in [0.25, 0.3) is 0 Å². The summed E-state index contributed by atoms with van der Waals surface area (Å²) in [6.45, 7) is -0.218. The van der Waals surface area contributed by atoms with Gasteiger partial charge in [0.1, 0.15) is 5.75 Å². The Kier molecular flexibility index (Phi) is 5.72. The summed E-state index contributed by atoms with van der Waals surface area (Å²) in [4.78, 5) is 0. The molecule has 1 aliphatic rings. The van der Waals surface area contributed by atoms with Gasteiger partial charge in [-0.1, -0.05) is 59.7 Å². The first kappa shape index (κ1) is 17.2. The molecule has 3 rings (SSSR count). The Morgan fingerprint density at radius 1 is 0.917 bits per heavy atom. The number of unbranched alkanes of at least 4 members (excludes halogenated alkanes) is 1. The highest BCUT2D eigenvalue weighted by molar-refractivity contribution is 6.73. The predicted molar refractivity (Wildman–Crippen MR) is 100 cm³/mol. The molecule has 0 unspecified atom stereocenters. The minimum Gasteiger partial charge on any atom is -0.508 e. The first-order valence-corrected chi connectivity index (χ1v) is 10.9. The summed E-state index contributed by atoms with van der Waals surface area (Å²) >= 11 is 0. The quantitative estimate of drug-likeness (QED) is 0.581. The molecule has 0 bridgehead atoms. The Hall–Kier alpha value is -1.61. The molecule has 0 aliphatic carbocycles. The van der Waals surface area contributed by atoms with Crippen LogP contribution < -0.4 is 5.19 Å². The molecule has 1 nitrogen and oxygen atoms in total. The average Bonchev–Trinajstić information content (AvgIpc) is 2.64. The van der Waals surface area contributed by atoms with E-state index in [-0.39, 0.29) is 12.1 Å². The molecule has 2 aromatic rings. The van der Waals surface area contributed by atoms with Crippen LogP contribution >= 0.6 is 0 Å². The zero-order chi connectivity index (χ0) is 16.8. The number of rotatable bonds is 6. The van der Waals surface area contributed by atoms with Crippen molar-refractivity contribution in [3.63, 3.8) is 0 Å². The molecular weight excluding hydrogens is 315 g/mol. The number of phenols is 1. The molecule has 0 spiro atoms. The van der Waals surface area contributed by atoms with Gasteiger partial charge >= 0.3 is 0 Å². The van der Waals surface area contributed by atoms with Gasteiger partial charge in [-0.3, -0.25) is 4.39 Å². The summed E-state index contributed by atoms with van der Waals surface area (Å²) in [7, 11) is -0.464. The fourth-order valence-corrected chi connectivity index (χ4v) is 7.10. The fraction of sp³-hybridized carbons (Fsp3) is 0.429. The normalized spacial score (nSPS) is 17.7. The molecular formula is C21H26FOSi. The van der Waals surface area contributed by atoms with Crippen molar-refractivity contribution in [2.45, 2.75) is 49.6 Å². The number of phenolic OH excluding ortho intramolecular Hbond substituents is 1. The summed E-state index contributed by atoms with van der Waals surface area (Å²) in [6, 6.07) is 21.3. The van der Waals surface area contributed by atoms with E-state index in [9.17, 15) is 9.50 Å². The minimum absolute atomic E-state index is 0.172. The van der Waals surface area contributed by atoms with Gasteiger partial charge in [0.05, 0.1) is 15.5 Å². The van der Waals surface area contributed by atoms with E-state index in [0.717, 1.165) is 12.8 Å². The van der Waals surface area contributed by atoms with Gasteiger partial charge < -0.3 is 5.11 Å². The standard InChI is InChI=1S/C21H26FOSi/c22-15-5-4-12-21(18-8-10-19(23)11-9-18)13-16-24(17-14-21)20-6-2-1-3-7-20/h1-3,6-11,23H,4-5,12-17H2. The molecule has 2 aromatic carbocycles. The van der Waals surface area contributed by atoms with Crippen molar-refractivity contribution in [3.8, 4) is 5.75 Å². The fourth-order valence-electron chi connectivity index (χ4n) is 4.05. The van der Waals surface area contributed by atoms with Crippen LogP contribution in [0.1, 0.15) is 37.7 Å². The Bertz CT molecular complexity index is 618. The van der Waals surface area contributed by atoms with E-state index in [4.69, 9.17) is 0 Å². The highest BCUT2D eigenvalue weighted by Gasteiger charge is 2.37. The zero-order valence-electron chi connectivity index (χ0n) is 14.2. The Morgan fingerprint density at radius 3 is 2.21 bits per heavy atom. The van der Waals surface area contributed by atoms with Crippen LogP contribution in [0.3, 0.4) is 0 Å². The molecule has 0 aromatic heterocycles. The smallest absolute Gasteiger partial charge is 0.115 e. The number of hydrogen-bond acceptors (Lipinski definition) is 1. The maximum atomic E-state index is 12.6. The Balaban J connectivity index is 1.76. The highest BCUT2D eigenvalue weighted by atomic mass is 28.3. The van der Waals surface area contributed by atoms with Gasteiger partial charge in [-0.05, 0) is 55.2 Å². The third-order valence-corrected chi connectivity index (χ3v) is 8.37. The van der Waals surface area contributed by atoms with Gasteiger partial charge in [-0.15, -0.1) is 0 Å². The van der Waals surface area contributed by atoms with Crippen LogP contribution in [0.4, 0.5) is 4.39 Å². The van der Waals surface area contributed by atoms with E-state index < -0.39 is 8.80 Å². The lowest BCUT2D eigenvalue weighted by Crippen LogP contribution is -2.40. The van der Waals surface area contributed by atoms with Crippen LogP contribution in [-0.4, -0.2) is 20.6 Å². The second-order valence-electron chi connectivity index (χ2n) is 6.94. The summed E-state index contributed by atoms with van der Waals surface area (Å²) in [5, 5.41) is 11.1. The van der Waals surface area contributed by atoms with Crippen molar-refractivity contribution in [1.29, 1.82) is 0 Å². The lowest BCUT2D eigenvalue weighted by atomic mass is 9.72. The van der Waals surface area contributed by atoms with E-state index in [2.05, 4.69) is 42.5 Å². The van der Waals surface area contributed by atoms with E-state index >= 15 is 0 Å². The van der Waals surface area contributed by atoms with Gasteiger partial charge in [-0.25, -0.2) is 0 Å². The summed E-state index contributed by atoms with van der Waals surface area (Å²) in [5.74, 6) is 0.322. The van der Waals surface area contributed by atoms with Crippen molar-refractivity contribution in [2.24, 2.45) is 0 Å². The number of hydrogen-bond donors (Lipinski definition) is 1. The first-order chi connectivity index (χ1) is 11.7. The monoisotopic (exact) mass is 341 g/mol. The Morgan fingerprint density at radius 2 is 1.58 bits per heavy atom. The first-order valence-electron chi connectivity index (χ1n) is 8.99. The summed E-state index contributed by atoms with van der Waals surface area (Å²) in [6.07, 6.45) is 5.05. The van der Waals surface area contributed by atoms with Gasteiger partial charge in [0.2, 0.25) is 0 Å². The Labute approximate surface area is 146 Å². The lowest BCUT2D eigenvalue weighted by molar-refractivity contribution is 0.328. The number of alkyl halides is 1. The predicted octanol–water partition coefficient (Wildman–Crippen LogP) is 4.97. The van der Waals surface area contributed by atoms with Crippen molar-refractivity contribution >= 4 is 14.0 Å². The van der Waals surface area contributed by atoms with E-state index in [1.165, 1.54) is 30.5 Å². The minimum atomic E-state index is -0.464. The van der Waals surface area contributed by atoms with Gasteiger partial charge in [0.15, 0.2) is 0 Å². The van der Waals surface area contributed by atoms with Crippen LogP contribution in [0.2, 0.25) is 12.1 Å². The molecule has 3 heteroatoms. The van der Waals surface area contributed by atoms with E-state index in [0.29, 0.717) is 12.2 Å². The second kappa shape index (κ2) is 7.97. The molecule has 0 amide bonds. The molecule has 1 saturated heterocycles. The van der Waals surface area contributed by atoms with Crippen LogP contribution in [0.25, 0.3) is 0 Å². The molecule has 1 fully saturated rings. The molecule has 1 aliphatic heterocycles. The number of benzene rings is 2. The lowest BCUT2D eigenvalue weighted by Gasteiger charge is -2.41. The van der Waals surface area contributed by atoms with Crippen molar-refractivity contribution in [3.05, 3.63) is 60.2 Å². The molecule has 24 heavy (non-hydrogen) atoms. The maximum absolute atomic E-state index is 12.6. The van der Waals surface area contributed by atoms with Crippen LogP contribution in [0, 0.1) is 0 Å². The summed E-state index contributed by atoms with van der Waals surface area (Å²) in [5.41, 5.74) is 1.50. The zero-order valence-corrected chi connectivity index (χ0v) is 15.2. The number of halogens is 1. The second-order valence-corrected chi connectivity index (χ2v) is 9.73. The molecule has 127 valence electrons. The topological polar surface area (TPSA) is 20.2 Å². The maximum Gasteiger partial charge on any atom is 0.115 e. The summed E-state index contributed by atoms with van der Waals surface area (Å²) < 4.78 is 12.6. The average molecular weight is 342 g/mol. The van der Waals surface area contributed by atoms with Gasteiger partial charge in [-0.2, -0.15) is 0 Å². The molecule has 1 N–H and O–H groups in total. The largest absolute Gasteiger partial charge is 0.508 e. The van der Waals surface area contributed by atoms with E-state index in [1.807, 2.05) is 0 Å². The van der Waals surface area contributed by atoms with Crippen molar-refractivity contribution in [2.75, 3.05) is 6.67 Å². The molecule has 1 radical (unpaired) electrons. The van der Waals surface area contributed by atoms with Crippen LogP contribution in [0.15, 0.2) is 54.6 Å². The molecule has 0 atom stereocenters. The van der Waals surface area contributed by atoms with Crippen molar-refractivity contribution < 1.29 is 9.50 Å². The van der Waals surface area contributed by atoms with E-state index in [1.54, 1.807) is 17.3 Å². The SMILES string of the molecule is Oc1ccc(C2(CCCCF)CC[Si](c3ccccc3)CC2)cc1. The third-order valence-electron chi connectivity index (χ3n) is 5.51. The highest BCUT2D eigenvalue weighted by Crippen LogP contribution is 2.44. The molecule has 1 heterocycles. The number of aromatic hydroxyl groups is 1. The van der Waals surface area contributed by atoms with Gasteiger partial charge in [0, 0.05) is 0 Å². The van der Waals surface area contributed by atoms with Crippen LogP contribution in [-0.2, 0) is 5.41 Å². The van der Waals surface area contributed by atoms with Crippen LogP contribution in [0.5, 0.6) is 5.75 Å².